The number of anilines is 2. The Morgan fingerprint density at radius 1 is 0.833 bits per heavy atom. The van der Waals surface area contributed by atoms with Crippen LogP contribution < -0.4 is 15.1 Å². The van der Waals surface area contributed by atoms with E-state index in [1.807, 2.05) is 24.3 Å². The number of aldehydes is 1. The van der Waals surface area contributed by atoms with Crippen molar-refractivity contribution in [3.8, 4) is 11.5 Å². The van der Waals surface area contributed by atoms with Crippen molar-refractivity contribution in [3.05, 3.63) is 119 Å². The lowest BCUT2D eigenvalue weighted by Crippen LogP contribution is -2.69. The third-order valence-electron chi connectivity index (χ3n) is 13.5. The van der Waals surface area contributed by atoms with Crippen LogP contribution in [0.2, 0.25) is 0 Å². The number of carbonyl (C=O) groups is 4. The van der Waals surface area contributed by atoms with Crippen LogP contribution >= 0.6 is 0 Å². The van der Waals surface area contributed by atoms with Gasteiger partial charge in [-0.1, -0.05) is 43.3 Å². The summed E-state index contributed by atoms with van der Waals surface area (Å²) in [5, 5.41) is 22.3. The number of amides is 2. The zero-order chi connectivity index (χ0) is 41.7. The molecule has 4 aromatic carbocycles. The van der Waals surface area contributed by atoms with Crippen LogP contribution in [0.5, 0.6) is 11.5 Å². The number of piperidine rings is 3. The Morgan fingerprint density at radius 2 is 1.45 bits per heavy atom. The number of benzene rings is 4. The van der Waals surface area contributed by atoms with Crippen LogP contribution in [-0.4, -0.2) is 94.7 Å². The molecule has 0 spiro atoms. The first-order valence-corrected chi connectivity index (χ1v) is 21.2. The molecule has 11 nitrogen and oxygen atoms in total. The summed E-state index contributed by atoms with van der Waals surface area (Å²) in [6.45, 7) is 6.57. The fourth-order valence-corrected chi connectivity index (χ4v) is 10.4. The minimum Gasteiger partial charge on any atom is -0.508 e. The second-order valence-corrected chi connectivity index (χ2v) is 17.0. The number of fused-ring (bicyclic) bond motifs is 3. The molecule has 6 aliphatic heterocycles. The van der Waals surface area contributed by atoms with Crippen molar-refractivity contribution >= 4 is 46.4 Å². The summed E-state index contributed by atoms with van der Waals surface area (Å²) in [7, 11) is 0. The molecule has 6 heterocycles. The number of Topliss-reactive ketones (excluding diaryl/α,β-unsaturated/α-hetero) is 1. The second-order valence-electron chi connectivity index (χ2n) is 17.0. The number of halogens is 1. The van der Waals surface area contributed by atoms with Crippen LogP contribution in [0.4, 0.5) is 15.8 Å². The Hall–Kier alpha value is -5.85. The highest BCUT2D eigenvalue weighted by molar-refractivity contribution is 6.27. The maximum absolute atomic E-state index is 15.8. The van der Waals surface area contributed by atoms with Crippen LogP contribution in [0.1, 0.15) is 79.3 Å². The number of phenols is 2. The van der Waals surface area contributed by atoms with Gasteiger partial charge in [-0.25, -0.2) is 4.39 Å². The van der Waals surface area contributed by atoms with Gasteiger partial charge in [0, 0.05) is 63.5 Å². The van der Waals surface area contributed by atoms with Gasteiger partial charge >= 0.3 is 0 Å². The molecule has 0 aliphatic carbocycles. The summed E-state index contributed by atoms with van der Waals surface area (Å²) in [6.07, 6.45) is 4.66. The largest absolute Gasteiger partial charge is 0.508 e. The van der Waals surface area contributed by atoms with Crippen LogP contribution in [0.25, 0.3) is 11.1 Å². The number of carbonyl (C=O) groups excluding carboxylic acids is 4. The zero-order valence-electron chi connectivity index (χ0n) is 33.7. The van der Waals surface area contributed by atoms with Gasteiger partial charge < -0.3 is 20.0 Å². The monoisotopic (exact) mass is 811 g/mol. The molecule has 3 N–H and O–H groups in total. The Bertz CT molecular complexity index is 2330. The van der Waals surface area contributed by atoms with Gasteiger partial charge in [0.05, 0.1) is 11.7 Å². The van der Waals surface area contributed by atoms with E-state index < -0.39 is 23.8 Å². The maximum atomic E-state index is 15.8. The quantitative estimate of drug-likeness (QED) is 0.0695. The molecule has 2 bridgehead atoms. The number of hydrogen-bond acceptors (Lipinski definition) is 10. The number of phenolic OH excluding ortho intramolecular Hbond substituents is 2. The van der Waals surface area contributed by atoms with E-state index in [-0.39, 0.29) is 48.9 Å². The van der Waals surface area contributed by atoms with Crippen LogP contribution in [-0.2, 0) is 25.7 Å². The van der Waals surface area contributed by atoms with Crippen molar-refractivity contribution in [3.63, 3.8) is 0 Å². The van der Waals surface area contributed by atoms with E-state index >= 15 is 4.39 Å². The van der Waals surface area contributed by atoms with Crippen molar-refractivity contribution in [2.75, 3.05) is 42.5 Å². The van der Waals surface area contributed by atoms with Crippen molar-refractivity contribution in [2.45, 2.75) is 76.2 Å². The van der Waals surface area contributed by atoms with Crippen LogP contribution in [0, 0.1) is 11.7 Å². The van der Waals surface area contributed by atoms with Crippen molar-refractivity contribution < 1.29 is 33.8 Å². The fourth-order valence-electron chi connectivity index (χ4n) is 10.4. The van der Waals surface area contributed by atoms with Gasteiger partial charge in [0.25, 0.3) is 0 Å². The van der Waals surface area contributed by atoms with E-state index in [9.17, 15) is 29.4 Å². The van der Waals surface area contributed by atoms with Gasteiger partial charge in [-0.15, -0.1) is 0 Å². The zero-order valence-corrected chi connectivity index (χ0v) is 33.7. The fraction of sp³-hybridized carbons (Fsp3) is 0.375. The smallest absolute Gasteiger partial charge is 0.243 e. The molecule has 0 saturated carbocycles. The minimum atomic E-state index is -0.995. The number of hydrogen-bond donors (Lipinski definition) is 3. The molecule has 6 aliphatic rings. The number of allylic oxidation sites excluding steroid dienone is 1. The molecule has 0 radical (unpaired) electrons. The Morgan fingerprint density at radius 3 is 2.05 bits per heavy atom. The molecule has 10 rings (SSSR count). The number of imide groups is 1. The molecule has 4 unspecified atom stereocenters. The third-order valence-corrected chi connectivity index (χ3v) is 13.5. The average Bonchev–Trinajstić information content (AvgIpc) is 3.63. The van der Waals surface area contributed by atoms with Gasteiger partial charge in [-0.05, 0) is 126 Å². The van der Waals surface area contributed by atoms with E-state index in [0.717, 1.165) is 73.2 Å². The van der Waals surface area contributed by atoms with E-state index in [1.54, 1.807) is 35.2 Å². The first-order valence-electron chi connectivity index (χ1n) is 21.2. The van der Waals surface area contributed by atoms with Crippen molar-refractivity contribution in [1.29, 1.82) is 0 Å². The topological polar surface area (TPSA) is 134 Å². The van der Waals surface area contributed by atoms with E-state index in [4.69, 9.17) is 0 Å². The molecule has 5 saturated heterocycles. The molecule has 0 aromatic heterocycles. The van der Waals surface area contributed by atoms with E-state index in [1.165, 1.54) is 11.8 Å². The first kappa shape index (κ1) is 39.6. The average molecular weight is 812 g/mol. The number of rotatable bonds is 11. The summed E-state index contributed by atoms with van der Waals surface area (Å²) >= 11 is 0. The first-order chi connectivity index (χ1) is 29.1. The van der Waals surface area contributed by atoms with Crippen molar-refractivity contribution in [1.82, 2.24) is 15.1 Å². The van der Waals surface area contributed by atoms with Gasteiger partial charge in [0.1, 0.15) is 23.4 Å². The Labute approximate surface area is 349 Å². The summed E-state index contributed by atoms with van der Waals surface area (Å²) in [5.41, 5.74) is 8.15. The van der Waals surface area contributed by atoms with Gasteiger partial charge in [-0.3, -0.25) is 34.3 Å². The number of nitrogens with one attached hydrogen (secondary N) is 1. The minimum absolute atomic E-state index is 0.137. The summed E-state index contributed by atoms with van der Waals surface area (Å²) in [5.74, 6) is -0.916. The molecular weight excluding hydrogens is 762 g/mol. The van der Waals surface area contributed by atoms with E-state index in [2.05, 4.69) is 51.2 Å². The molecular formula is C48H50FN5O6. The van der Waals surface area contributed by atoms with Gasteiger partial charge in [0.15, 0.2) is 6.29 Å². The standard InChI is InChI=1S/C48H50FN5O6/c1-2-39(30-5-11-37(56)12-6-30)46(32-7-13-38(57)14-8-32)31-3-9-34(10-4-31)51-19-17-29(18-20-51)24-53-35-22-36(53)27-52(26-35)43-23-40-33(21-41(43)49)25-54(47(40)44(58)28-55)42-15-16-45(59)50-48(42)60/h3-14,21,23,28-29,35-36,42,47,56-57H,2,15-20,22,24-27H2,1H3,(H,50,59,60). The summed E-state index contributed by atoms with van der Waals surface area (Å²) in [6, 6.07) is 25.4. The third kappa shape index (κ3) is 7.47. The van der Waals surface area contributed by atoms with Crippen LogP contribution in [0.15, 0.2) is 84.9 Å². The lowest BCUT2D eigenvalue weighted by molar-refractivity contribution is -0.141. The van der Waals surface area contributed by atoms with E-state index in [0.29, 0.717) is 47.9 Å². The van der Waals surface area contributed by atoms with Gasteiger partial charge in [-0.2, -0.15) is 0 Å². The predicted octanol–water partition coefficient (Wildman–Crippen LogP) is 6.22. The normalized spacial score (nSPS) is 23.8. The molecule has 60 heavy (non-hydrogen) atoms. The molecule has 4 atom stereocenters. The highest BCUT2D eigenvalue weighted by Gasteiger charge is 2.47. The predicted molar refractivity (Wildman–Crippen MR) is 227 cm³/mol. The SMILES string of the molecule is CCC(=C(c1ccc(O)cc1)c1ccc(N2CCC(CN3C4CC3CN(c3cc5c(cc3F)CN(C3CCC(=O)NC3=O)C5C(=O)C=O)C4)CC2)cc1)c1ccc(O)cc1. The van der Waals surface area contributed by atoms with Crippen molar-refractivity contribution in [2.24, 2.45) is 5.92 Å². The summed E-state index contributed by atoms with van der Waals surface area (Å²) < 4.78 is 15.8. The summed E-state index contributed by atoms with van der Waals surface area (Å²) in [4.78, 5) is 58.1. The number of piperazine rings is 1. The molecule has 310 valence electrons. The number of nitrogens with zero attached hydrogens (tertiary/aromatic N) is 4. The highest BCUT2D eigenvalue weighted by Crippen LogP contribution is 2.43. The molecule has 12 heteroatoms. The molecule has 4 aromatic rings. The lowest BCUT2D eigenvalue weighted by Gasteiger charge is -2.58. The number of ketones is 1. The lowest BCUT2D eigenvalue weighted by atomic mass is 9.84. The maximum Gasteiger partial charge on any atom is 0.243 e. The number of aromatic hydroxyl groups is 2. The Balaban J connectivity index is 0.837. The second kappa shape index (κ2) is 16.3. The van der Waals surface area contributed by atoms with Crippen LogP contribution in [0.3, 0.4) is 0 Å². The Kier molecular flexibility index (Phi) is 10.8. The molecule has 2 amide bonds. The van der Waals surface area contributed by atoms with Gasteiger partial charge in [0.2, 0.25) is 17.6 Å². The molecule has 5 fully saturated rings. The highest BCUT2D eigenvalue weighted by atomic mass is 19.1.